The summed E-state index contributed by atoms with van der Waals surface area (Å²) in [5, 5.41) is 0. The fraction of sp³-hybridized carbons (Fsp3) is 0.0769. The Kier molecular flexibility index (Phi) is 2.49. The third-order valence-corrected chi connectivity index (χ3v) is 2.86. The molecule has 3 rings (SSSR count). The van der Waals surface area contributed by atoms with Crippen LogP contribution in [0.2, 0.25) is 0 Å². The maximum absolute atomic E-state index is 11.2. The molecule has 0 saturated heterocycles. The number of nitrogens with two attached hydrogens (primary N) is 1. The number of aromatic nitrogens is 4. The van der Waals surface area contributed by atoms with Crippen LogP contribution in [0.4, 0.5) is 0 Å². The quantitative estimate of drug-likeness (QED) is 0.741. The number of carbonyl (C=O) groups is 1. The highest BCUT2D eigenvalue weighted by Gasteiger charge is 2.08. The second-order valence-electron chi connectivity index (χ2n) is 4.20. The first kappa shape index (κ1) is 11.3. The average molecular weight is 253 g/mol. The van der Waals surface area contributed by atoms with E-state index in [4.69, 9.17) is 5.73 Å². The Morgan fingerprint density at radius 1 is 1.32 bits per heavy atom. The van der Waals surface area contributed by atoms with Crippen molar-refractivity contribution in [1.82, 2.24) is 19.5 Å². The number of rotatable bonds is 2. The summed E-state index contributed by atoms with van der Waals surface area (Å²) in [5.74, 6) is 0.0719. The predicted molar refractivity (Wildman–Crippen MR) is 70.3 cm³/mol. The zero-order valence-electron chi connectivity index (χ0n) is 10.2. The second kappa shape index (κ2) is 4.16. The van der Waals surface area contributed by atoms with Gasteiger partial charge in [-0.25, -0.2) is 15.0 Å². The van der Waals surface area contributed by atoms with Gasteiger partial charge in [0.2, 0.25) is 5.91 Å². The molecule has 0 aliphatic heterocycles. The molecule has 0 bridgehead atoms. The normalized spacial score (nSPS) is 10.8. The Bertz CT molecular complexity index is 778. The van der Waals surface area contributed by atoms with Crippen LogP contribution in [-0.2, 0) is 7.05 Å². The molecule has 0 fully saturated rings. The number of benzene rings is 1. The summed E-state index contributed by atoms with van der Waals surface area (Å²) in [4.78, 5) is 24.0. The molecule has 0 atom stereocenters. The predicted octanol–water partition coefficient (Wildman–Crippen LogP) is 1.13. The SMILES string of the molecule is Cn1cnc2cnc(-c3cccc(C(N)=O)c3)nc21. The first-order chi connectivity index (χ1) is 9.15. The van der Waals surface area contributed by atoms with Crippen molar-refractivity contribution in [2.45, 2.75) is 0 Å². The molecule has 1 amide bonds. The van der Waals surface area contributed by atoms with Gasteiger partial charge in [0, 0.05) is 18.2 Å². The van der Waals surface area contributed by atoms with E-state index < -0.39 is 5.91 Å². The molecule has 2 aromatic heterocycles. The van der Waals surface area contributed by atoms with Gasteiger partial charge in [0.05, 0.1) is 12.5 Å². The minimum Gasteiger partial charge on any atom is -0.366 e. The van der Waals surface area contributed by atoms with Gasteiger partial charge in [-0.05, 0) is 12.1 Å². The number of amides is 1. The van der Waals surface area contributed by atoms with Crippen LogP contribution in [-0.4, -0.2) is 25.4 Å². The Morgan fingerprint density at radius 2 is 2.16 bits per heavy atom. The topological polar surface area (TPSA) is 86.7 Å². The summed E-state index contributed by atoms with van der Waals surface area (Å²) in [7, 11) is 1.87. The van der Waals surface area contributed by atoms with Gasteiger partial charge in [-0.1, -0.05) is 12.1 Å². The van der Waals surface area contributed by atoms with Crippen LogP contribution in [0.25, 0.3) is 22.6 Å². The third-order valence-electron chi connectivity index (χ3n) is 2.86. The molecule has 0 unspecified atom stereocenters. The van der Waals surface area contributed by atoms with Gasteiger partial charge < -0.3 is 10.3 Å². The molecule has 1 aromatic carbocycles. The molecule has 0 aliphatic rings. The number of nitrogens with zero attached hydrogens (tertiary/aromatic N) is 4. The highest BCUT2D eigenvalue weighted by Crippen LogP contribution is 2.18. The van der Waals surface area contributed by atoms with Crippen LogP contribution >= 0.6 is 0 Å². The molecule has 2 N–H and O–H groups in total. The van der Waals surface area contributed by atoms with E-state index in [1.807, 2.05) is 17.7 Å². The van der Waals surface area contributed by atoms with Crippen molar-refractivity contribution in [3.05, 3.63) is 42.4 Å². The second-order valence-corrected chi connectivity index (χ2v) is 4.20. The van der Waals surface area contributed by atoms with E-state index in [0.717, 1.165) is 16.7 Å². The molecule has 2 heterocycles. The fourth-order valence-electron chi connectivity index (χ4n) is 1.87. The first-order valence-electron chi connectivity index (χ1n) is 5.69. The molecule has 0 aliphatic carbocycles. The van der Waals surface area contributed by atoms with Crippen LogP contribution in [0.1, 0.15) is 10.4 Å². The molecule has 0 saturated carbocycles. The Hall–Kier alpha value is -2.76. The lowest BCUT2D eigenvalue weighted by Gasteiger charge is -2.02. The number of hydrogen-bond acceptors (Lipinski definition) is 4. The molecule has 6 nitrogen and oxygen atoms in total. The molecule has 94 valence electrons. The molecule has 6 heteroatoms. The van der Waals surface area contributed by atoms with Crippen LogP contribution in [0.15, 0.2) is 36.8 Å². The largest absolute Gasteiger partial charge is 0.366 e. The minimum absolute atomic E-state index is 0.436. The van der Waals surface area contributed by atoms with Crippen molar-refractivity contribution in [2.24, 2.45) is 12.8 Å². The highest BCUT2D eigenvalue weighted by atomic mass is 16.1. The highest BCUT2D eigenvalue weighted by molar-refractivity contribution is 5.93. The standard InChI is InChI=1S/C13H11N5O/c1-18-7-16-10-6-15-12(17-13(10)18)9-4-2-3-8(5-9)11(14)19/h2-7H,1H3,(H2,14,19). The third kappa shape index (κ3) is 1.93. The van der Waals surface area contributed by atoms with Crippen LogP contribution in [0.5, 0.6) is 0 Å². The number of imidazole rings is 1. The zero-order chi connectivity index (χ0) is 13.4. The summed E-state index contributed by atoms with van der Waals surface area (Å²) < 4.78 is 1.82. The van der Waals surface area contributed by atoms with Gasteiger partial charge in [-0.2, -0.15) is 0 Å². The van der Waals surface area contributed by atoms with E-state index >= 15 is 0 Å². The zero-order valence-corrected chi connectivity index (χ0v) is 10.2. The van der Waals surface area contributed by atoms with E-state index in [9.17, 15) is 4.79 Å². The van der Waals surface area contributed by atoms with Gasteiger partial charge in [-0.3, -0.25) is 4.79 Å². The minimum atomic E-state index is -0.469. The van der Waals surface area contributed by atoms with Crippen molar-refractivity contribution in [1.29, 1.82) is 0 Å². The number of primary amides is 1. The van der Waals surface area contributed by atoms with E-state index in [1.165, 1.54) is 0 Å². The molecule has 19 heavy (non-hydrogen) atoms. The summed E-state index contributed by atoms with van der Waals surface area (Å²) in [6.45, 7) is 0. The first-order valence-corrected chi connectivity index (χ1v) is 5.69. The molecular formula is C13H11N5O. The average Bonchev–Trinajstić information content (AvgIpc) is 2.80. The van der Waals surface area contributed by atoms with E-state index in [1.54, 1.807) is 30.7 Å². The van der Waals surface area contributed by atoms with Gasteiger partial charge in [0.25, 0.3) is 0 Å². The molecule has 0 spiro atoms. The van der Waals surface area contributed by atoms with Gasteiger partial charge in [0.1, 0.15) is 5.52 Å². The maximum atomic E-state index is 11.2. The van der Waals surface area contributed by atoms with Crippen molar-refractivity contribution in [3.63, 3.8) is 0 Å². The fourth-order valence-corrected chi connectivity index (χ4v) is 1.87. The van der Waals surface area contributed by atoms with E-state index in [2.05, 4.69) is 15.0 Å². The summed E-state index contributed by atoms with van der Waals surface area (Å²) in [6, 6.07) is 6.94. The summed E-state index contributed by atoms with van der Waals surface area (Å²) in [5.41, 5.74) is 7.93. The molecular weight excluding hydrogens is 242 g/mol. The van der Waals surface area contributed by atoms with Crippen LogP contribution in [0, 0.1) is 0 Å². The number of carbonyl (C=O) groups excluding carboxylic acids is 1. The van der Waals surface area contributed by atoms with Crippen molar-refractivity contribution in [2.75, 3.05) is 0 Å². The Morgan fingerprint density at radius 3 is 2.95 bits per heavy atom. The number of fused-ring (bicyclic) bond motifs is 1. The van der Waals surface area contributed by atoms with Crippen LogP contribution < -0.4 is 5.73 Å². The monoisotopic (exact) mass is 253 g/mol. The van der Waals surface area contributed by atoms with Gasteiger partial charge >= 0.3 is 0 Å². The molecule has 0 radical (unpaired) electrons. The molecule has 3 aromatic rings. The lowest BCUT2D eigenvalue weighted by atomic mass is 10.1. The van der Waals surface area contributed by atoms with E-state index in [0.29, 0.717) is 11.4 Å². The van der Waals surface area contributed by atoms with Gasteiger partial charge in [0.15, 0.2) is 11.5 Å². The lowest BCUT2D eigenvalue weighted by Crippen LogP contribution is -2.10. The maximum Gasteiger partial charge on any atom is 0.248 e. The number of hydrogen-bond donors (Lipinski definition) is 1. The number of aryl methyl sites for hydroxylation is 1. The van der Waals surface area contributed by atoms with Crippen molar-refractivity contribution in [3.8, 4) is 11.4 Å². The summed E-state index contributed by atoms with van der Waals surface area (Å²) >= 11 is 0. The van der Waals surface area contributed by atoms with Crippen molar-refractivity contribution < 1.29 is 4.79 Å². The van der Waals surface area contributed by atoms with E-state index in [-0.39, 0.29) is 0 Å². The smallest absolute Gasteiger partial charge is 0.248 e. The van der Waals surface area contributed by atoms with Crippen molar-refractivity contribution >= 4 is 17.1 Å². The van der Waals surface area contributed by atoms with Gasteiger partial charge in [-0.15, -0.1) is 0 Å². The van der Waals surface area contributed by atoms with Crippen LogP contribution in [0.3, 0.4) is 0 Å². The summed E-state index contributed by atoms with van der Waals surface area (Å²) in [6.07, 6.45) is 3.34. The lowest BCUT2D eigenvalue weighted by molar-refractivity contribution is 0.100. The Balaban J connectivity index is 2.15. The Labute approximate surface area is 108 Å².